The number of nitrogens with two attached hydrogens (primary N) is 1. The number of anilines is 1. The summed E-state index contributed by atoms with van der Waals surface area (Å²) in [7, 11) is 0. The predicted octanol–water partition coefficient (Wildman–Crippen LogP) is 2.56. The lowest BCUT2D eigenvalue weighted by Gasteiger charge is -2.11. The lowest BCUT2D eigenvalue weighted by molar-refractivity contribution is 0.102. The summed E-state index contributed by atoms with van der Waals surface area (Å²) in [6.07, 6.45) is 0. The Bertz CT molecular complexity index is 735. The minimum absolute atomic E-state index is 0.103. The molecule has 0 spiro atoms. The van der Waals surface area contributed by atoms with Crippen molar-refractivity contribution in [1.29, 1.82) is 0 Å². The van der Waals surface area contributed by atoms with Crippen molar-refractivity contribution >= 4 is 28.8 Å². The quantitative estimate of drug-likeness (QED) is 0.762. The van der Waals surface area contributed by atoms with Crippen molar-refractivity contribution in [3.05, 3.63) is 59.2 Å². The van der Waals surface area contributed by atoms with E-state index in [0.717, 1.165) is 30.3 Å². The van der Waals surface area contributed by atoms with Crippen molar-refractivity contribution in [2.24, 2.45) is 5.73 Å². The number of halogens is 2. The summed E-state index contributed by atoms with van der Waals surface area (Å²) in [6, 6.07) is 6.42. The zero-order valence-electron chi connectivity index (χ0n) is 10.6. The molecule has 2 rings (SSSR count). The van der Waals surface area contributed by atoms with Crippen LogP contribution in [0.1, 0.15) is 15.9 Å². The van der Waals surface area contributed by atoms with Crippen LogP contribution in [0.4, 0.5) is 14.5 Å². The molecular weight excluding hydrogens is 298 g/mol. The van der Waals surface area contributed by atoms with Gasteiger partial charge in [-0.05, 0) is 36.4 Å². The first-order valence-electron chi connectivity index (χ1n) is 5.77. The van der Waals surface area contributed by atoms with E-state index < -0.39 is 17.5 Å². The van der Waals surface area contributed by atoms with Crippen LogP contribution >= 0.6 is 12.2 Å². The zero-order valence-corrected chi connectivity index (χ0v) is 11.4. The van der Waals surface area contributed by atoms with E-state index in [1.54, 1.807) is 0 Å². The van der Waals surface area contributed by atoms with Crippen LogP contribution in [-0.2, 0) is 0 Å². The molecule has 7 heteroatoms. The predicted molar refractivity (Wildman–Crippen MR) is 78.3 cm³/mol. The Hall–Kier alpha value is -2.54. The topological polar surface area (TPSA) is 75.3 Å². The van der Waals surface area contributed by atoms with Gasteiger partial charge in [-0.15, -0.1) is 0 Å². The SMILES string of the molecule is NC(=S)c1cc(F)ccc1NC(=O)c1cc(F)ccc1O. The highest BCUT2D eigenvalue weighted by atomic mass is 32.1. The average molecular weight is 308 g/mol. The first kappa shape index (κ1) is 14.9. The van der Waals surface area contributed by atoms with Crippen LogP contribution in [-0.4, -0.2) is 16.0 Å². The number of rotatable bonds is 3. The van der Waals surface area contributed by atoms with Crippen molar-refractivity contribution in [3.8, 4) is 5.75 Å². The lowest BCUT2D eigenvalue weighted by Crippen LogP contribution is -2.18. The fourth-order valence-corrected chi connectivity index (χ4v) is 1.88. The molecule has 2 aromatic carbocycles. The molecule has 21 heavy (non-hydrogen) atoms. The van der Waals surface area contributed by atoms with E-state index in [4.69, 9.17) is 18.0 Å². The zero-order chi connectivity index (χ0) is 15.6. The standard InChI is InChI=1S/C14H10F2N2O2S/c15-7-1-3-11(9(5-7)13(17)21)18-14(20)10-6-8(16)2-4-12(10)19/h1-6,19H,(H2,17,21)(H,18,20). The van der Waals surface area contributed by atoms with Crippen molar-refractivity contribution in [2.45, 2.75) is 0 Å². The van der Waals surface area contributed by atoms with E-state index in [9.17, 15) is 18.7 Å². The Morgan fingerprint density at radius 3 is 2.29 bits per heavy atom. The van der Waals surface area contributed by atoms with Gasteiger partial charge in [0.15, 0.2) is 0 Å². The lowest BCUT2D eigenvalue weighted by atomic mass is 10.1. The molecule has 0 aromatic heterocycles. The second-order valence-electron chi connectivity index (χ2n) is 4.17. The number of aromatic hydroxyl groups is 1. The van der Waals surface area contributed by atoms with Gasteiger partial charge in [0.05, 0.1) is 11.3 Å². The molecular formula is C14H10F2N2O2S. The molecule has 0 saturated heterocycles. The number of hydrogen-bond donors (Lipinski definition) is 3. The van der Waals surface area contributed by atoms with Crippen LogP contribution in [0, 0.1) is 11.6 Å². The monoisotopic (exact) mass is 308 g/mol. The Labute approximate surface area is 124 Å². The Kier molecular flexibility index (Phi) is 4.13. The van der Waals surface area contributed by atoms with Gasteiger partial charge in [-0.1, -0.05) is 12.2 Å². The number of nitrogens with one attached hydrogen (secondary N) is 1. The third-order valence-corrected chi connectivity index (χ3v) is 2.92. The summed E-state index contributed by atoms with van der Waals surface area (Å²) in [4.78, 5) is 11.9. The molecule has 0 fully saturated rings. The van der Waals surface area contributed by atoms with Gasteiger partial charge in [-0.2, -0.15) is 0 Å². The summed E-state index contributed by atoms with van der Waals surface area (Å²) >= 11 is 4.78. The Morgan fingerprint density at radius 2 is 1.67 bits per heavy atom. The summed E-state index contributed by atoms with van der Waals surface area (Å²) < 4.78 is 26.3. The number of amides is 1. The van der Waals surface area contributed by atoms with Gasteiger partial charge in [0.1, 0.15) is 22.4 Å². The summed E-state index contributed by atoms with van der Waals surface area (Å²) in [5.74, 6) is -2.39. The first-order chi connectivity index (χ1) is 9.88. The van der Waals surface area contributed by atoms with E-state index in [1.807, 2.05) is 0 Å². The molecule has 4 N–H and O–H groups in total. The molecule has 0 unspecified atom stereocenters. The maximum absolute atomic E-state index is 13.2. The number of phenols is 1. The fourth-order valence-electron chi connectivity index (χ4n) is 1.71. The molecule has 0 aliphatic rings. The van der Waals surface area contributed by atoms with Gasteiger partial charge >= 0.3 is 0 Å². The number of carbonyl (C=O) groups is 1. The fraction of sp³-hybridized carbons (Fsp3) is 0. The first-order valence-corrected chi connectivity index (χ1v) is 6.18. The van der Waals surface area contributed by atoms with E-state index in [-0.39, 0.29) is 27.6 Å². The van der Waals surface area contributed by atoms with Crippen LogP contribution in [0.2, 0.25) is 0 Å². The summed E-state index contributed by atoms with van der Waals surface area (Å²) in [5, 5.41) is 12.0. The van der Waals surface area contributed by atoms with Gasteiger partial charge in [0.25, 0.3) is 5.91 Å². The van der Waals surface area contributed by atoms with Crippen LogP contribution in [0.5, 0.6) is 5.75 Å². The van der Waals surface area contributed by atoms with Gasteiger partial charge in [-0.3, -0.25) is 4.79 Å². The molecule has 2 aromatic rings. The molecule has 0 heterocycles. The minimum atomic E-state index is -0.767. The van der Waals surface area contributed by atoms with Gasteiger partial charge in [-0.25, -0.2) is 8.78 Å². The molecule has 0 atom stereocenters. The minimum Gasteiger partial charge on any atom is -0.507 e. The van der Waals surface area contributed by atoms with Crippen molar-refractivity contribution < 1.29 is 18.7 Å². The van der Waals surface area contributed by atoms with E-state index >= 15 is 0 Å². The van der Waals surface area contributed by atoms with Gasteiger partial charge < -0.3 is 16.2 Å². The molecule has 1 amide bonds. The number of phenolic OH excluding ortho intramolecular Hbond substituents is 1. The Morgan fingerprint density at radius 1 is 1.10 bits per heavy atom. The summed E-state index contributed by atoms with van der Waals surface area (Å²) in [5.41, 5.74) is 5.50. The van der Waals surface area contributed by atoms with Crippen LogP contribution < -0.4 is 11.1 Å². The van der Waals surface area contributed by atoms with Crippen molar-refractivity contribution in [1.82, 2.24) is 0 Å². The Balaban J connectivity index is 2.36. The van der Waals surface area contributed by atoms with E-state index in [0.29, 0.717) is 0 Å². The largest absolute Gasteiger partial charge is 0.507 e. The van der Waals surface area contributed by atoms with Gasteiger partial charge in [0.2, 0.25) is 0 Å². The maximum Gasteiger partial charge on any atom is 0.259 e. The highest BCUT2D eigenvalue weighted by molar-refractivity contribution is 7.80. The number of hydrogen-bond acceptors (Lipinski definition) is 3. The normalized spacial score (nSPS) is 10.2. The average Bonchev–Trinajstić information content (AvgIpc) is 2.43. The van der Waals surface area contributed by atoms with E-state index in [2.05, 4.69) is 5.32 Å². The molecule has 108 valence electrons. The third-order valence-electron chi connectivity index (χ3n) is 2.70. The van der Waals surface area contributed by atoms with E-state index in [1.165, 1.54) is 6.07 Å². The molecule has 0 saturated carbocycles. The highest BCUT2D eigenvalue weighted by Gasteiger charge is 2.15. The highest BCUT2D eigenvalue weighted by Crippen LogP contribution is 2.22. The summed E-state index contributed by atoms with van der Waals surface area (Å²) in [6.45, 7) is 0. The number of carbonyl (C=O) groups excluding carboxylic acids is 1. The maximum atomic E-state index is 13.2. The molecule has 0 aliphatic heterocycles. The molecule has 4 nitrogen and oxygen atoms in total. The van der Waals surface area contributed by atoms with Crippen molar-refractivity contribution in [3.63, 3.8) is 0 Å². The smallest absolute Gasteiger partial charge is 0.259 e. The second kappa shape index (κ2) is 5.84. The van der Waals surface area contributed by atoms with Crippen LogP contribution in [0.25, 0.3) is 0 Å². The molecule has 0 radical (unpaired) electrons. The van der Waals surface area contributed by atoms with Gasteiger partial charge in [0, 0.05) is 5.56 Å². The van der Waals surface area contributed by atoms with Crippen LogP contribution in [0.15, 0.2) is 36.4 Å². The second-order valence-corrected chi connectivity index (χ2v) is 4.61. The number of thiocarbonyl (C=S) groups is 1. The van der Waals surface area contributed by atoms with Crippen LogP contribution in [0.3, 0.4) is 0 Å². The molecule has 0 bridgehead atoms. The van der Waals surface area contributed by atoms with Crippen molar-refractivity contribution in [2.75, 3.05) is 5.32 Å². The third kappa shape index (κ3) is 3.32. The number of benzene rings is 2. The molecule has 0 aliphatic carbocycles.